The first-order valence-electron chi connectivity index (χ1n) is 9.68. The summed E-state index contributed by atoms with van der Waals surface area (Å²) in [5, 5.41) is 3.28. The lowest BCUT2D eigenvalue weighted by molar-refractivity contribution is 0.0997. The molecule has 0 saturated carbocycles. The molecule has 1 N–H and O–H groups in total. The summed E-state index contributed by atoms with van der Waals surface area (Å²) < 4.78 is 16.6. The van der Waals surface area contributed by atoms with E-state index in [0.717, 1.165) is 11.1 Å². The number of hydrogen-bond donors (Lipinski definition) is 1. The van der Waals surface area contributed by atoms with E-state index in [0.29, 0.717) is 39.3 Å². The smallest absolute Gasteiger partial charge is 0.291 e. The number of furan rings is 1. The van der Waals surface area contributed by atoms with Gasteiger partial charge in [-0.25, -0.2) is 4.98 Å². The molecule has 1 amide bonds. The molecule has 0 aliphatic rings. The SMILES string of the molecule is COc1ccc(-c2ccc(C(=O)Nc3ccc(-c4nc5ncccc5o4)cc3)o2)cc1Cl. The predicted molar refractivity (Wildman–Crippen MR) is 121 cm³/mol. The van der Waals surface area contributed by atoms with Crippen molar-refractivity contribution < 1.29 is 18.4 Å². The van der Waals surface area contributed by atoms with Crippen molar-refractivity contribution in [2.75, 3.05) is 12.4 Å². The number of anilines is 1. The minimum absolute atomic E-state index is 0.182. The van der Waals surface area contributed by atoms with Crippen LogP contribution in [-0.4, -0.2) is 23.0 Å². The van der Waals surface area contributed by atoms with Gasteiger partial charge in [0.1, 0.15) is 11.5 Å². The Hall–Kier alpha value is -4.10. The Kier molecular flexibility index (Phi) is 5.09. The maximum Gasteiger partial charge on any atom is 0.291 e. The predicted octanol–water partition coefficient (Wildman–Crippen LogP) is 6.06. The van der Waals surface area contributed by atoms with E-state index in [1.54, 1.807) is 55.8 Å². The first-order chi connectivity index (χ1) is 15.6. The number of nitrogens with zero attached hydrogens (tertiary/aromatic N) is 2. The van der Waals surface area contributed by atoms with E-state index in [1.807, 2.05) is 24.3 Å². The molecule has 0 fully saturated rings. The van der Waals surface area contributed by atoms with Gasteiger partial charge >= 0.3 is 0 Å². The molecule has 0 spiro atoms. The number of methoxy groups -OCH3 is 1. The number of halogens is 1. The number of oxazole rings is 1. The van der Waals surface area contributed by atoms with Crippen LogP contribution in [-0.2, 0) is 0 Å². The van der Waals surface area contributed by atoms with Crippen LogP contribution in [0.5, 0.6) is 5.75 Å². The quantitative estimate of drug-likeness (QED) is 0.353. The number of ether oxygens (including phenoxy) is 1. The molecule has 0 aliphatic carbocycles. The molecule has 7 nitrogen and oxygen atoms in total. The summed E-state index contributed by atoms with van der Waals surface area (Å²) in [6.07, 6.45) is 1.66. The average Bonchev–Trinajstić information content (AvgIpc) is 3.47. The fourth-order valence-electron chi connectivity index (χ4n) is 3.22. The molecule has 5 aromatic rings. The number of amides is 1. The minimum atomic E-state index is -0.366. The van der Waals surface area contributed by atoms with Crippen molar-refractivity contribution in [1.29, 1.82) is 0 Å². The fraction of sp³-hybridized carbons (Fsp3) is 0.0417. The van der Waals surface area contributed by atoms with Crippen LogP contribution in [0.4, 0.5) is 5.69 Å². The zero-order chi connectivity index (χ0) is 22.1. The molecule has 158 valence electrons. The Morgan fingerprint density at radius 3 is 2.56 bits per heavy atom. The van der Waals surface area contributed by atoms with Gasteiger partial charge < -0.3 is 18.9 Å². The molecule has 0 bridgehead atoms. The number of rotatable bonds is 5. The van der Waals surface area contributed by atoms with E-state index in [-0.39, 0.29) is 11.7 Å². The molecule has 32 heavy (non-hydrogen) atoms. The monoisotopic (exact) mass is 445 g/mol. The Bertz CT molecular complexity index is 1390. The van der Waals surface area contributed by atoms with Gasteiger partial charge in [-0.3, -0.25) is 4.79 Å². The van der Waals surface area contributed by atoms with Crippen LogP contribution in [0.15, 0.2) is 81.8 Å². The molecule has 0 atom stereocenters. The Labute approximate surface area is 187 Å². The normalized spacial score (nSPS) is 10.9. The molecule has 0 aliphatic heterocycles. The van der Waals surface area contributed by atoms with Crippen LogP contribution < -0.4 is 10.1 Å². The minimum Gasteiger partial charge on any atom is -0.495 e. The van der Waals surface area contributed by atoms with Crippen molar-refractivity contribution in [3.05, 3.63) is 83.7 Å². The second-order valence-electron chi connectivity index (χ2n) is 6.89. The van der Waals surface area contributed by atoms with E-state index >= 15 is 0 Å². The van der Waals surface area contributed by atoms with Crippen molar-refractivity contribution >= 4 is 34.4 Å². The zero-order valence-electron chi connectivity index (χ0n) is 16.8. The molecule has 3 heterocycles. The summed E-state index contributed by atoms with van der Waals surface area (Å²) in [5.74, 6) is 1.37. The largest absolute Gasteiger partial charge is 0.495 e. The van der Waals surface area contributed by atoms with Gasteiger partial charge in [-0.05, 0) is 66.7 Å². The molecule has 5 rings (SSSR count). The summed E-state index contributed by atoms with van der Waals surface area (Å²) in [4.78, 5) is 21.2. The Morgan fingerprint density at radius 2 is 1.81 bits per heavy atom. The second kappa shape index (κ2) is 8.20. The number of carbonyl (C=O) groups is 1. The lowest BCUT2D eigenvalue weighted by Gasteiger charge is -2.05. The zero-order valence-corrected chi connectivity index (χ0v) is 17.6. The van der Waals surface area contributed by atoms with E-state index in [2.05, 4.69) is 15.3 Å². The third kappa shape index (κ3) is 3.81. The number of benzene rings is 2. The van der Waals surface area contributed by atoms with Gasteiger partial charge in [-0.1, -0.05) is 11.6 Å². The summed E-state index contributed by atoms with van der Waals surface area (Å²) in [5.41, 5.74) is 3.29. The third-order valence-corrected chi connectivity index (χ3v) is 5.12. The molecule has 8 heteroatoms. The van der Waals surface area contributed by atoms with Gasteiger partial charge in [0.25, 0.3) is 5.91 Å². The highest BCUT2D eigenvalue weighted by Gasteiger charge is 2.14. The average molecular weight is 446 g/mol. The van der Waals surface area contributed by atoms with Crippen LogP contribution in [0, 0.1) is 0 Å². The second-order valence-corrected chi connectivity index (χ2v) is 7.30. The molecule has 3 aromatic heterocycles. The summed E-state index contributed by atoms with van der Waals surface area (Å²) in [7, 11) is 1.55. The standard InChI is InChI=1S/C24H16ClN3O4/c1-30-19-9-6-15(13-17(19)25)18-10-11-21(31-18)23(29)27-16-7-4-14(5-8-16)24-28-22-20(32-24)3-2-12-26-22/h2-13H,1H3,(H,27,29). The van der Waals surface area contributed by atoms with E-state index in [1.165, 1.54) is 0 Å². The lowest BCUT2D eigenvalue weighted by Crippen LogP contribution is -2.10. The maximum absolute atomic E-state index is 12.6. The summed E-state index contributed by atoms with van der Waals surface area (Å²) in [6.45, 7) is 0. The van der Waals surface area contributed by atoms with Crippen LogP contribution in [0.1, 0.15) is 10.6 Å². The van der Waals surface area contributed by atoms with Crippen LogP contribution >= 0.6 is 11.6 Å². The van der Waals surface area contributed by atoms with Gasteiger partial charge in [0, 0.05) is 23.0 Å². The van der Waals surface area contributed by atoms with Crippen LogP contribution in [0.25, 0.3) is 34.0 Å². The van der Waals surface area contributed by atoms with Gasteiger partial charge in [-0.2, -0.15) is 4.98 Å². The molecule has 0 saturated heterocycles. The maximum atomic E-state index is 12.6. The summed E-state index contributed by atoms with van der Waals surface area (Å²) in [6, 6.07) is 19.4. The highest BCUT2D eigenvalue weighted by atomic mass is 35.5. The number of aromatic nitrogens is 2. The molecule has 0 unspecified atom stereocenters. The van der Waals surface area contributed by atoms with Gasteiger partial charge in [0.2, 0.25) is 5.89 Å². The highest BCUT2D eigenvalue weighted by Crippen LogP contribution is 2.31. The molecule has 2 aromatic carbocycles. The van der Waals surface area contributed by atoms with Crippen molar-refractivity contribution in [1.82, 2.24) is 9.97 Å². The summed E-state index contributed by atoms with van der Waals surface area (Å²) >= 11 is 6.18. The molecular weight excluding hydrogens is 430 g/mol. The number of carbonyl (C=O) groups excluding carboxylic acids is 1. The van der Waals surface area contributed by atoms with Crippen molar-refractivity contribution in [3.8, 4) is 28.5 Å². The molecule has 0 radical (unpaired) electrons. The topological polar surface area (TPSA) is 90.4 Å². The number of pyridine rings is 1. The number of fused-ring (bicyclic) bond motifs is 1. The van der Waals surface area contributed by atoms with Gasteiger partial charge in [0.15, 0.2) is 17.0 Å². The van der Waals surface area contributed by atoms with Crippen molar-refractivity contribution in [2.45, 2.75) is 0 Å². The van der Waals surface area contributed by atoms with E-state index < -0.39 is 0 Å². The number of hydrogen-bond acceptors (Lipinski definition) is 6. The van der Waals surface area contributed by atoms with Crippen LogP contribution in [0.2, 0.25) is 5.02 Å². The van der Waals surface area contributed by atoms with Crippen LogP contribution in [0.3, 0.4) is 0 Å². The third-order valence-electron chi connectivity index (χ3n) is 4.82. The van der Waals surface area contributed by atoms with Gasteiger partial charge in [0.05, 0.1) is 12.1 Å². The first-order valence-corrected chi connectivity index (χ1v) is 10.1. The van der Waals surface area contributed by atoms with E-state index in [4.69, 9.17) is 25.2 Å². The number of nitrogens with one attached hydrogen (secondary N) is 1. The molecular formula is C24H16ClN3O4. The Morgan fingerprint density at radius 1 is 1.00 bits per heavy atom. The highest BCUT2D eigenvalue weighted by molar-refractivity contribution is 6.32. The lowest BCUT2D eigenvalue weighted by atomic mass is 10.1. The Balaban J connectivity index is 1.30. The van der Waals surface area contributed by atoms with Gasteiger partial charge in [-0.15, -0.1) is 0 Å². The fourth-order valence-corrected chi connectivity index (χ4v) is 3.47. The van der Waals surface area contributed by atoms with Crippen molar-refractivity contribution in [3.63, 3.8) is 0 Å². The van der Waals surface area contributed by atoms with E-state index in [9.17, 15) is 4.79 Å². The first kappa shape index (κ1) is 19.8. The van der Waals surface area contributed by atoms with Crippen molar-refractivity contribution in [2.24, 2.45) is 0 Å².